The third-order valence-electron chi connectivity index (χ3n) is 7.62. The summed E-state index contributed by atoms with van der Waals surface area (Å²) in [4.78, 5) is 38.5. The number of pyridine rings is 1. The first-order valence-electron chi connectivity index (χ1n) is 11.2. The van der Waals surface area contributed by atoms with Gasteiger partial charge in [-0.05, 0) is 74.0 Å². The van der Waals surface area contributed by atoms with Gasteiger partial charge in [-0.3, -0.25) is 24.3 Å². The Morgan fingerprint density at radius 2 is 1.66 bits per heavy atom. The van der Waals surface area contributed by atoms with Gasteiger partial charge in [0.2, 0.25) is 5.91 Å². The quantitative estimate of drug-likeness (QED) is 0.505. The van der Waals surface area contributed by atoms with E-state index in [-0.39, 0.29) is 29.5 Å². The van der Waals surface area contributed by atoms with Gasteiger partial charge in [0.05, 0.1) is 11.1 Å². The van der Waals surface area contributed by atoms with E-state index in [0.717, 1.165) is 47.7 Å². The highest BCUT2D eigenvalue weighted by atomic mass is 19.1. The molecule has 6 rings (SSSR count). The lowest BCUT2D eigenvalue weighted by Crippen LogP contribution is -2.61. The van der Waals surface area contributed by atoms with E-state index < -0.39 is 10.5 Å². The Labute approximate surface area is 185 Å². The largest absolute Gasteiger partial charge is 0.331 e. The molecule has 1 heterocycles. The van der Waals surface area contributed by atoms with Crippen molar-refractivity contribution in [3.63, 3.8) is 0 Å². The molecule has 0 saturated heterocycles. The monoisotopic (exact) mass is 439 g/mol. The fraction of sp³-hybridized carbons (Fsp3) is 0.500. The van der Waals surface area contributed by atoms with Gasteiger partial charge < -0.3 is 4.90 Å². The van der Waals surface area contributed by atoms with Crippen LogP contribution >= 0.6 is 0 Å². The highest BCUT2D eigenvalue weighted by Crippen LogP contribution is 2.58. The summed E-state index contributed by atoms with van der Waals surface area (Å²) >= 11 is 0. The van der Waals surface area contributed by atoms with Gasteiger partial charge in [0.15, 0.2) is 0 Å². The van der Waals surface area contributed by atoms with Crippen molar-refractivity contribution < 1.29 is 14.1 Å². The van der Waals surface area contributed by atoms with Crippen LogP contribution in [0.15, 0.2) is 47.4 Å². The van der Waals surface area contributed by atoms with Crippen LogP contribution in [0.4, 0.5) is 10.1 Å². The van der Waals surface area contributed by atoms with Gasteiger partial charge in [0.1, 0.15) is 12.4 Å². The molecule has 1 aromatic heterocycles. The second-order valence-electron chi connectivity index (χ2n) is 9.86. The minimum atomic E-state index is -0.574. The molecule has 0 N–H and O–H groups in total. The fourth-order valence-corrected chi connectivity index (χ4v) is 6.67. The molecule has 4 saturated carbocycles. The number of carbonyl (C=O) groups excluding carboxylic acids is 1. The minimum Gasteiger partial charge on any atom is -0.331 e. The van der Waals surface area contributed by atoms with E-state index in [0.29, 0.717) is 24.3 Å². The van der Waals surface area contributed by atoms with Crippen LogP contribution < -0.4 is 5.56 Å². The summed E-state index contributed by atoms with van der Waals surface area (Å²) in [5.41, 5.74) is -0.0970. The maximum absolute atomic E-state index is 13.7. The summed E-state index contributed by atoms with van der Waals surface area (Å²) < 4.78 is 14.6. The standard InChI is InChI=1S/C24H26FN3O4/c25-20-3-1-16(2-4-20)13-27(24-10-17-7-18(11-24)9-19(8-17)12-24)23(30)15-26-14-21(28(31)32)5-6-22(26)29/h1-6,14,17-19H,7-13,15H2. The van der Waals surface area contributed by atoms with E-state index >= 15 is 0 Å². The second kappa shape index (κ2) is 7.83. The van der Waals surface area contributed by atoms with Crippen molar-refractivity contribution in [3.05, 3.63) is 74.4 Å². The van der Waals surface area contributed by atoms with Crippen LogP contribution in [0.3, 0.4) is 0 Å². The minimum absolute atomic E-state index is 0.223. The summed E-state index contributed by atoms with van der Waals surface area (Å²) in [7, 11) is 0. The smallest absolute Gasteiger partial charge is 0.285 e. The Hall–Kier alpha value is -3.03. The molecule has 0 radical (unpaired) electrons. The molecule has 0 aliphatic heterocycles. The lowest BCUT2D eigenvalue weighted by molar-refractivity contribution is -0.385. The number of rotatable bonds is 6. The van der Waals surface area contributed by atoms with E-state index in [1.807, 2.05) is 4.90 Å². The molecule has 1 amide bonds. The molecule has 4 aliphatic carbocycles. The zero-order valence-electron chi connectivity index (χ0n) is 17.8. The molecule has 7 nitrogen and oxygen atoms in total. The molecule has 32 heavy (non-hydrogen) atoms. The number of amides is 1. The summed E-state index contributed by atoms with van der Waals surface area (Å²) in [6.45, 7) is 0.0956. The van der Waals surface area contributed by atoms with Gasteiger partial charge >= 0.3 is 0 Å². The van der Waals surface area contributed by atoms with Gasteiger partial charge in [0, 0.05) is 24.2 Å². The third kappa shape index (κ3) is 3.82. The summed E-state index contributed by atoms with van der Waals surface area (Å²) in [6.07, 6.45) is 7.67. The normalized spacial score (nSPS) is 28.0. The van der Waals surface area contributed by atoms with Crippen molar-refractivity contribution in [1.29, 1.82) is 0 Å². The Morgan fingerprint density at radius 1 is 1.06 bits per heavy atom. The molecule has 4 bridgehead atoms. The number of hydrogen-bond acceptors (Lipinski definition) is 4. The van der Waals surface area contributed by atoms with Crippen LogP contribution in [0, 0.1) is 33.7 Å². The number of hydrogen-bond donors (Lipinski definition) is 0. The first-order valence-corrected chi connectivity index (χ1v) is 11.2. The maximum Gasteiger partial charge on any atom is 0.285 e. The predicted octanol–water partition coefficient (Wildman–Crippen LogP) is 3.89. The topological polar surface area (TPSA) is 85.5 Å². The van der Waals surface area contributed by atoms with Crippen molar-refractivity contribution in [3.8, 4) is 0 Å². The molecule has 0 atom stereocenters. The first-order chi connectivity index (χ1) is 15.3. The van der Waals surface area contributed by atoms with Crippen molar-refractivity contribution >= 4 is 11.6 Å². The van der Waals surface area contributed by atoms with E-state index in [2.05, 4.69) is 0 Å². The van der Waals surface area contributed by atoms with E-state index in [4.69, 9.17) is 0 Å². The molecule has 2 aromatic rings. The van der Waals surface area contributed by atoms with Gasteiger partial charge in [-0.2, -0.15) is 0 Å². The van der Waals surface area contributed by atoms with Crippen LogP contribution in [0.5, 0.6) is 0 Å². The van der Waals surface area contributed by atoms with Crippen LogP contribution in [0.2, 0.25) is 0 Å². The van der Waals surface area contributed by atoms with Crippen LogP contribution in [0.1, 0.15) is 44.1 Å². The Morgan fingerprint density at radius 3 is 2.22 bits per heavy atom. The van der Waals surface area contributed by atoms with Crippen molar-refractivity contribution in [2.45, 2.75) is 57.2 Å². The Balaban J connectivity index is 1.48. The zero-order valence-corrected chi connectivity index (χ0v) is 17.8. The lowest BCUT2D eigenvalue weighted by atomic mass is 9.52. The fourth-order valence-electron chi connectivity index (χ4n) is 6.67. The van der Waals surface area contributed by atoms with Crippen LogP contribution in [-0.2, 0) is 17.9 Å². The first kappa shape index (κ1) is 20.8. The number of aromatic nitrogens is 1. The van der Waals surface area contributed by atoms with Gasteiger partial charge in [-0.25, -0.2) is 4.39 Å². The number of benzene rings is 1. The van der Waals surface area contributed by atoms with Crippen LogP contribution in [-0.4, -0.2) is 25.8 Å². The molecule has 0 unspecified atom stereocenters. The molecule has 1 aromatic carbocycles. The predicted molar refractivity (Wildman–Crippen MR) is 115 cm³/mol. The third-order valence-corrected chi connectivity index (χ3v) is 7.62. The van der Waals surface area contributed by atoms with E-state index in [9.17, 15) is 24.1 Å². The number of nitrogens with zero attached hydrogens (tertiary/aromatic N) is 3. The summed E-state index contributed by atoms with van der Waals surface area (Å²) in [5, 5.41) is 11.1. The number of carbonyl (C=O) groups is 1. The SMILES string of the molecule is O=C(Cn1cc([N+](=O)[O-])ccc1=O)N(Cc1ccc(F)cc1)C12CC3CC(CC(C3)C1)C2. The van der Waals surface area contributed by atoms with Crippen molar-refractivity contribution in [2.24, 2.45) is 17.8 Å². The highest BCUT2D eigenvalue weighted by molar-refractivity contribution is 5.77. The van der Waals surface area contributed by atoms with Crippen LogP contribution in [0.25, 0.3) is 0 Å². The average Bonchev–Trinajstić information content (AvgIpc) is 2.73. The molecular weight excluding hydrogens is 413 g/mol. The second-order valence-corrected chi connectivity index (χ2v) is 9.86. The average molecular weight is 439 g/mol. The highest BCUT2D eigenvalue weighted by Gasteiger charge is 2.54. The van der Waals surface area contributed by atoms with Crippen molar-refractivity contribution in [1.82, 2.24) is 9.47 Å². The molecular formula is C24H26FN3O4. The summed E-state index contributed by atoms with van der Waals surface area (Å²) in [6, 6.07) is 8.44. The van der Waals surface area contributed by atoms with Gasteiger partial charge in [0.25, 0.3) is 11.2 Å². The molecule has 0 spiro atoms. The van der Waals surface area contributed by atoms with Gasteiger partial charge in [-0.15, -0.1) is 0 Å². The molecule has 4 fully saturated rings. The number of halogens is 1. The van der Waals surface area contributed by atoms with Crippen molar-refractivity contribution in [2.75, 3.05) is 0 Å². The van der Waals surface area contributed by atoms with E-state index in [1.54, 1.807) is 12.1 Å². The lowest BCUT2D eigenvalue weighted by Gasteiger charge is -2.60. The zero-order chi connectivity index (χ0) is 22.5. The number of nitro groups is 1. The Kier molecular flexibility index (Phi) is 5.10. The Bertz CT molecular complexity index is 1080. The molecule has 168 valence electrons. The maximum atomic E-state index is 13.7. The van der Waals surface area contributed by atoms with Gasteiger partial charge in [-0.1, -0.05) is 12.1 Å². The van der Waals surface area contributed by atoms with E-state index in [1.165, 1.54) is 31.4 Å². The molecule has 4 aliphatic rings. The molecule has 8 heteroatoms. The summed E-state index contributed by atoms with van der Waals surface area (Å²) in [5.74, 6) is 1.30.